The second kappa shape index (κ2) is 5.13. The molecule has 0 saturated carbocycles. The van der Waals surface area contributed by atoms with Gasteiger partial charge in [0.2, 0.25) is 0 Å². The third-order valence-corrected chi connectivity index (χ3v) is 3.78. The summed E-state index contributed by atoms with van der Waals surface area (Å²) < 4.78 is 7.98. The Morgan fingerprint density at radius 1 is 1.15 bits per heavy atom. The maximum atomic E-state index is 5.44. The van der Waals surface area contributed by atoms with Crippen molar-refractivity contribution in [1.82, 2.24) is 9.55 Å². The summed E-state index contributed by atoms with van der Waals surface area (Å²) in [5.74, 6) is 0.822. The van der Waals surface area contributed by atoms with E-state index in [0.29, 0.717) is 4.77 Å². The van der Waals surface area contributed by atoms with Gasteiger partial charge in [-0.2, -0.15) is 0 Å². The second-order valence-electron chi connectivity index (χ2n) is 4.67. The number of nitrogens with zero attached hydrogens (tertiary/aromatic N) is 1. The first kappa shape index (κ1) is 12.9. The van der Waals surface area contributed by atoms with Gasteiger partial charge in [0.05, 0.1) is 18.1 Å². The van der Waals surface area contributed by atoms with Crippen LogP contribution in [0.15, 0.2) is 42.5 Å². The highest BCUT2D eigenvalue weighted by molar-refractivity contribution is 7.71. The fourth-order valence-electron chi connectivity index (χ4n) is 2.35. The minimum Gasteiger partial charge on any atom is -0.497 e. The third kappa shape index (κ3) is 2.12. The number of aromatic amines is 1. The van der Waals surface area contributed by atoms with Crippen molar-refractivity contribution in [2.24, 2.45) is 0 Å². The summed E-state index contributed by atoms with van der Waals surface area (Å²) in [6.45, 7) is 2.15. The van der Waals surface area contributed by atoms with Gasteiger partial charge in [-0.15, -0.1) is 0 Å². The summed E-state index contributed by atoms with van der Waals surface area (Å²) in [7, 11) is 1.66. The van der Waals surface area contributed by atoms with Crippen molar-refractivity contribution in [3.63, 3.8) is 0 Å². The lowest BCUT2D eigenvalue weighted by atomic mass is 10.1. The Bertz CT molecular complexity index is 799. The van der Waals surface area contributed by atoms with Gasteiger partial charge in [0, 0.05) is 11.8 Å². The van der Waals surface area contributed by atoms with Gasteiger partial charge in [-0.3, -0.25) is 4.57 Å². The minimum absolute atomic E-state index is 0.692. The van der Waals surface area contributed by atoms with Crippen LogP contribution in [0.3, 0.4) is 0 Å². The first-order valence-corrected chi connectivity index (χ1v) is 7.02. The molecular weight excluding hydrogens is 268 g/mol. The molecule has 0 unspecified atom stereocenters. The first-order valence-electron chi connectivity index (χ1n) is 6.61. The lowest BCUT2D eigenvalue weighted by Crippen LogP contribution is -1.94. The molecule has 1 N–H and O–H groups in total. The number of methoxy groups -OCH3 is 1. The number of ether oxygens (including phenoxy) is 1. The number of H-pyrrole nitrogens is 1. The Labute approximate surface area is 122 Å². The zero-order valence-corrected chi connectivity index (χ0v) is 12.3. The number of hydrogen-bond acceptors (Lipinski definition) is 2. The van der Waals surface area contributed by atoms with Crippen LogP contribution >= 0.6 is 12.2 Å². The van der Waals surface area contributed by atoms with Gasteiger partial charge < -0.3 is 9.72 Å². The Hall–Kier alpha value is -2.07. The summed E-state index contributed by atoms with van der Waals surface area (Å²) in [5, 5.41) is 0. The highest BCUT2D eigenvalue weighted by Gasteiger charge is 2.07. The molecule has 1 heterocycles. The molecule has 0 fully saturated rings. The molecule has 0 radical (unpaired) electrons. The monoisotopic (exact) mass is 284 g/mol. The fourth-order valence-corrected chi connectivity index (χ4v) is 2.67. The zero-order valence-electron chi connectivity index (χ0n) is 11.5. The molecule has 102 valence electrons. The molecule has 2 aromatic carbocycles. The average Bonchev–Trinajstić information content (AvgIpc) is 2.82. The molecule has 0 spiro atoms. The molecule has 20 heavy (non-hydrogen) atoms. The van der Waals surface area contributed by atoms with Crippen LogP contribution in [0.4, 0.5) is 0 Å². The summed E-state index contributed by atoms with van der Waals surface area (Å²) in [6, 6.07) is 14.4. The number of aromatic nitrogens is 2. The molecule has 3 rings (SSSR count). The van der Waals surface area contributed by atoms with Gasteiger partial charge in [-0.1, -0.05) is 19.1 Å². The second-order valence-corrected chi connectivity index (χ2v) is 5.06. The van der Waals surface area contributed by atoms with E-state index in [4.69, 9.17) is 17.0 Å². The number of aryl methyl sites for hydroxylation is 1. The predicted molar refractivity (Wildman–Crippen MR) is 84.4 cm³/mol. The molecule has 0 bridgehead atoms. The van der Waals surface area contributed by atoms with Crippen molar-refractivity contribution in [3.05, 3.63) is 52.8 Å². The minimum atomic E-state index is 0.692. The molecule has 0 aliphatic heterocycles. The Balaban J connectivity index is 2.19. The van der Waals surface area contributed by atoms with E-state index in [1.54, 1.807) is 7.11 Å². The van der Waals surface area contributed by atoms with E-state index < -0.39 is 0 Å². The Kier molecular flexibility index (Phi) is 3.32. The number of fused-ring (bicyclic) bond motifs is 1. The van der Waals surface area contributed by atoms with Crippen molar-refractivity contribution in [1.29, 1.82) is 0 Å². The SMILES string of the molecule is CCc1ccc(-n2c(=S)[nH]c3cc(OC)ccc32)cc1. The smallest absolute Gasteiger partial charge is 0.182 e. The van der Waals surface area contributed by atoms with Crippen LogP contribution in [-0.2, 0) is 6.42 Å². The summed E-state index contributed by atoms with van der Waals surface area (Å²) >= 11 is 5.44. The third-order valence-electron chi connectivity index (χ3n) is 3.49. The highest BCUT2D eigenvalue weighted by Crippen LogP contribution is 2.23. The summed E-state index contributed by atoms with van der Waals surface area (Å²) in [4.78, 5) is 3.23. The van der Waals surface area contributed by atoms with Crippen molar-refractivity contribution in [3.8, 4) is 11.4 Å². The number of rotatable bonds is 3. The lowest BCUT2D eigenvalue weighted by Gasteiger charge is -2.06. The zero-order chi connectivity index (χ0) is 14.1. The van der Waals surface area contributed by atoms with Crippen molar-refractivity contribution in [2.45, 2.75) is 13.3 Å². The molecule has 1 aromatic heterocycles. The van der Waals surface area contributed by atoms with Crippen LogP contribution in [0.5, 0.6) is 5.75 Å². The predicted octanol–water partition coefficient (Wildman–Crippen LogP) is 4.26. The van der Waals surface area contributed by atoms with Gasteiger partial charge in [0.25, 0.3) is 0 Å². The molecule has 3 aromatic rings. The molecule has 0 aliphatic rings. The molecule has 3 nitrogen and oxygen atoms in total. The molecule has 0 amide bonds. The summed E-state index contributed by atoms with van der Waals surface area (Å²) in [5.41, 5.74) is 4.43. The number of imidazole rings is 1. The van der Waals surface area contributed by atoms with Crippen molar-refractivity contribution < 1.29 is 4.74 Å². The fraction of sp³-hybridized carbons (Fsp3) is 0.188. The largest absolute Gasteiger partial charge is 0.497 e. The maximum Gasteiger partial charge on any atom is 0.182 e. The quantitative estimate of drug-likeness (QED) is 0.728. The Morgan fingerprint density at radius 3 is 2.55 bits per heavy atom. The summed E-state index contributed by atoms with van der Waals surface area (Å²) in [6.07, 6.45) is 1.04. The van der Waals surface area contributed by atoms with E-state index in [1.807, 2.05) is 22.8 Å². The van der Waals surface area contributed by atoms with E-state index in [0.717, 1.165) is 28.9 Å². The van der Waals surface area contributed by atoms with Gasteiger partial charge in [-0.05, 0) is 48.5 Å². The van der Waals surface area contributed by atoms with Crippen LogP contribution < -0.4 is 4.74 Å². The van der Waals surface area contributed by atoms with Gasteiger partial charge in [-0.25, -0.2) is 0 Å². The number of hydrogen-bond donors (Lipinski definition) is 1. The van der Waals surface area contributed by atoms with Crippen LogP contribution in [0.25, 0.3) is 16.7 Å². The number of nitrogens with one attached hydrogen (secondary N) is 1. The maximum absolute atomic E-state index is 5.44. The molecule has 0 atom stereocenters. The van der Waals surface area contributed by atoms with E-state index in [2.05, 4.69) is 36.2 Å². The molecular formula is C16H16N2OS. The van der Waals surface area contributed by atoms with Crippen LogP contribution in [0.2, 0.25) is 0 Å². The van der Waals surface area contributed by atoms with Crippen LogP contribution in [-0.4, -0.2) is 16.7 Å². The normalized spacial score (nSPS) is 10.9. The van der Waals surface area contributed by atoms with Gasteiger partial charge >= 0.3 is 0 Å². The van der Waals surface area contributed by atoms with Crippen LogP contribution in [0.1, 0.15) is 12.5 Å². The molecule has 0 aliphatic carbocycles. The Morgan fingerprint density at radius 2 is 1.90 bits per heavy atom. The van der Waals surface area contributed by atoms with Gasteiger partial charge in [0.1, 0.15) is 5.75 Å². The molecule has 4 heteroatoms. The van der Waals surface area contributed by atoms with E-state index in [-0.39, 0.29) is 0 Å². The van der Waals surface area contributed by atoms with E-state index in [1.165, 1.54) is 5.56 Å². The average molecular weight is 284 g/mol. The first-order chi connectivity index (χ1) is 9.72. The van der Waals surface area contributed by atoms with Gasteiger partial charge in [0.15, 0.2) is 4.77 Å². The molecule has 0 saturated heterocycles. The standard InChI is InChI=1S/C16H16N2OS/c1-3-11-4-6-12(7-5-11)18-15-9-8-13(19-2)10-14(15)17-16(18)20/h4-10H,3H2,1-2H3,(H,17,20). The van der Waals surface area contributed by atoms with E-state index in [9.17, 15) is 0 Å². The van der Waals surface area contributed by atoms with E-state index >= 15 is 0 Å². The topological polar surface area (TPSA) is 29.9 Å². The van der Waals surface area contributed by atoms with Crippen LogP contribution in [0, 0.1) is 4.77 Å². The number of benzene rings is 2. The lowest BCUT2D eigenvalue weighted by molar-refractivity contribution is 0.415. The highest BCUT2D eigenvalue weighted by atomic mass is 32.1. The van der Waals surface area contributed by atoms with Crippen molar-refractivity contribution in [2.75, 3.05) is 7.11 Å². The van der Waals surface area contributed by atoms with Crippen molar-refractivity contribution >= 4 is 23.3 Å².